The number of nitrogens with one attached hydrogen (secondary N) is 1. The highest BCUT2D eigenvalue weighted by Gasteiger charge is 2.21. The molecule has 6 heteroatoms. The molecule has 5 nitrogen and oxygen atoms in total. The molecular formula is C13H20ClN3O2. The first kappa shape index (κ1) is 15.7. The van der Waals surface area contributed by atoms with E-state index in [1.165, 1.54) is 12.1 Å². The van der Waals surface area contributed by atoms with Gasteiger partial charge in [-0.25, -0.2) is 0 Å². The standard InChI is InChI=1S/C13H20ClN3O2/c1-9-6-10(17(18)19)7-11(14)12(9)15-8-13(2,3)16(4)5/h6-7,15H,8H2,1-5H3. The Morgan fingerprint density at radius 1 is 1.42 bits per heavy atom. The summed E-state index contributed by atoms with van der Waals surface area (Å²) in [6, 6.07) is 2.90. The summed E-state index contributed by atoms with van der Waals surface area (Å²) in [4.78, 5) is 12.4. The fourth-order valence-electron chi connectivity index (χ4n) is 1.52. The van der Waals surface area contributed by atoms with Gasteiger partial charge in [-0.2, -0.15) is 0 Å². The summed E-state index contributed by atoms with van der Waals surface area (Å²) in [5, 5.41) is 14.4. The van der Waals surface area contributed by atoms with Crippen LogP contribution in [0.4, 0.5) is 11.4 Å². The molecule has 1 rings (SSSR count). The Morgan fingerprint density at radius 3 is 2.42 bits per heavy atom. The largest absolute Gasteiger partial charge is 0.382 e. The van der Waals surface area contributed by atoms with Crippen LogP contribution in [0.15, 0.2) is 12.1 Å². The van der Waals surface area contributed by atoms with Gasteiger partial charge in [-0.3, -0.25) is 10.1 Å². The number of rotatable bonds is 5. The van der Waals surface area contributed by atoms with E-state index in [2.05, 4.69) is 24.1 Å². The Labute approximate surface area is 118 Å². The molecule has 1 N–H and O–H groups in total. The van der Waals surface area contributed by atoms with Crippen LogP contribution in [0.2, 0.25) is 5.02 Å². The van der Waals surface area contributed by atoms with Crippen LogP contribution < -0.4 is 5.32 Å². The summed E-state index contributed by atoms with van der Waals surface area (Å²) in [7, 11) is 4.01. The molecule has 0 heterocycles. The number of non-ortho nitro benzene ring substituents is 1. The fourth-order valence-corrected chi connectivity index (χ4v) is 1.85. The SMILES string of the molecule is Cc1cc([N+](=O)[O-])cc(Cl)c1NCC(C)(C)N(C)C. The van der Waals surface area contributed by atoms with Gasteiger partial charge in [-0.05, 0) is 40.4 Å². The molecule has 0 unspecified atom stereocenters. The first-order valence-corrected chi connectivity index (χ1v) is 6.39. The molecule has 0 amide bonds. The van der Waals surface area contributed by atoms with E-state index in [0.717, 1.165) is 11.3 Å². The molecule has 19 heavy (non-hydrogen) atoms. The van der Waals surface area contributed by atoms with E-state index in [0.29, 0.717) is 11.6 Å². The van der Waals surface area contributed by atoms with Gasteiger partial charge in [0.2, 0.25) is 0 Å². The highest BCUT2D eigenvalue weighted by atomic mass is 35.5. The molecule has 0 saturated heterocycles. The van der Waals surface area contributed by atoms with E-state index in [-0.39, 0.29) is 11.2 Å². The van der Waals surface area contributed by atoms with Gasteiger partial charge in [0.25, 0.3) is 5.69 Å². The number of nitro benzene ring substituents is 1. The van der Waals surface area contributed by atoms with Crippen LogP contribution >= 0.6 is 11.6 Å². The van der Waals surface area contributed by atoms with Crippen LogP contribution in [0.25, 0.3) is 0 Å². The van der Waals surface area contributed by atoms with Crippen molar-refractivity contribution < 1.29 is 4.92 Å². The third-order valence-corrected chi connectivity index (χ3v) is 3.69. The molecule has 0 bridgehead atoms. The Morgan fingerprint density at radius 2 is 2.00 bits per heavy atom. The molecule has 0 fully saturated rings. The number of nitro groups is 1. The Hall–Kier alpha value is -1.33. The zero-order chi connectivity index (χ0) is 14.8. The zero-order valence-corrected chi connectivity index (χ0v) is 12.7. The van der Waals surface area contributed by atoms with Gasteiger partial charge in [0, 0.05) is 24.2 Å². The lowest BCUT2D eigenvalue weighted by atomic mass is 10.0. The molecular weight excluding hydrogens is 266 g/mol. The second kappa shape index (κ2) is 5.75. The van der Waals surface area contributed by atoms with Gasteiger partial charge >= 0.3 is 0 Å². The summed E-state index contributed by atoms with van der Waals surface area (Å²) in [5.41, 5.74) is 1.49. The van der Waals surface area contributed by atoms with Gasteiger partial charge in [0.15, 0.2) is 0 Å². The summed E-state index contributed by atoms with van der Waals surface area (Å²) in [6.45, 7) is 6.71. The van der Waals surface area contributed by atoms with E-state index < -0.39 is 4.92 Å². The predicted molar refractivity (Wildman–Crippen MR) is 79.1 cm³/mol. The monoisotopic (exact) mass is 285 g/mol. The number of hydrogen-bond donors (Lipinski definition) is 1. The number of anilines is 1. The molecule has 1 aromatic carbocycles. The molecule has 0 atom stereocenters. The van der Waals surface area contributed by atoms with Crippen molar-refractivity contribution >= 4 is 23.0 Å². The van der Waals surface area contributed by atoms with Crippen molar-refractivity contribution in [3.05, 3.63) is 32.8 Å². The second-order valence-electron chi connectivity index (χ2n) is 5.44. The normalized spacial score (nSPS) is 11.7. The van der Waals surface area contributed by atoms with Crippen molar-refractivity contribution in [2.24, 2.45) is 0 Å². The number of benzene rings is 1. The smallest absolute Gasteiger partial charge is 0.271 e. The highest BCUT2D eigenvalue weighted by molar-refractivity contribution is 6.33. The molecule has 0 aliphatic carbocycles. The minimum atomic E-state index is -0.438. The maximum absolute atomic E-state index is 10.7. The summed E-state index contributed by atoms with van der Waals surface area (Å²) >= 11 is 6.11. The lowest BCUT2D eigenvalue weighted by Crippen LogP contribution is -2.44. The van der Waals surface area contributed by atoms with Gasteiger partial charge in [-0.15, -0.1) is 0 Å². The minimum absolute atomic E-state index is 0.0138. The Kier molecular flexibility index (Phi) is 4.76. The number of likely N-dealkylation sites (N-methyl/N-ethyl adjacent to an activating group) is 1. The maximum atomic E-state index is 10.7. The molecule has 1 aromatic rings. The van der Waals surface area contributed by atoms with Crippen molar-refractivity contribution in [1.29, 1.82) is 0 Å². The van der Waals surface area contributed by atoms with Crippen molar-refractivity contribution in [2.75, 3.05) is 26.0 Å². The summed E-state index contributed by atoms with van der Waals surface area (Å²) < 4.78 is 0. The number of hydrogen-bond acceptors (Lipinski definition) is 4. The average molecular weight is 286 g/mol. The van der Waals surface area contributed by atoms with Gasteiger partial charge in [0.05, 0.1) is 15.6 Å². The Bertz CT molecular complexity index is 464. The molecule has 106 valence electrons. The quantitative estimate of drug-likeness (QED) is 0.666. The molecule has 0 saturated carbocycles. The molecule has 0 spiro atoms. The third-order valence-electron chi connectivity index (χ3n) is 3.39. The summed E-state index contributed by atoms with van der Waals surface area (Å²) in [6.07, 6.45) is 0. The number of nitrogens with zero attached hydrogens (tertiary/aromatic N) is 2. The molecule has 0 aliphatic heterocycles. The van der Waals surface area contributed by atoms with E-state index in [1.54, 1.807) is 0 Å². The summed E-state index contributed by atoms with van der Waals surface area (Å²) in [5.74, 6) is 0. The lowest BCUT2D eigenvalue weighted by molar-refractivity contribution is -0.384. The van der Waals surface area contributed by atoms with Gasteiger partial charge in [-0.1, -0.05) is 11.6 Å². The van der Waals surface area contributed by atoms with Crippen LogP contribution in [0, 0.1) is 17.0 Å². The minimum Gasteiger partial charge on any atom is -0.382 e. The van der Waals surface area contributed by atoms with Gasteiger partial charge < -0.3 is 10.2 Å². The molecule has 0 aliphatic rings. The first-order chi connectivity index (χ1) is 8.65. The van der Waals surface area contributed by atoms with E-state index in [1.807, 2.05) is 21.0 Å². The van der Waals surface area contributed by atoms with Crippen LogP contribution in [0.3, 0.4) is 0 Å². The zero-order valence-electron chi connectivity index (χ0n) is 12.0. The van der Waals surface area contributed by atoms with Crippen molar-refractivity contribution in [1.82, 2.24) is 4.90 Å². The number of halogens is 1. The van der Waals surface area contributed by atoms with Crippen LogP contribution in [-0.2, 0) is 0 Å². The second-order valence-corrected chi connectivity index (χ2v) is 5.84. The van der Waals surface area contributed by atoms with Crippen LogP contribution in [-0.4, -0.2) is 36.0 Å². The topological polar surface area (TPSA) is 58.4 Å². The number of aryl methyl sites for hydroxylation is 1. The maximum Gasteiger partial charge on any atom is 0.271 e. The lowest BCUT2D eigenvalue weighted by Gasteiger charge is -2.33. The van der Waals surface area contributed by atoms with E-state index in [9.17, 15) is 10.1 Å². The van der Waals surface area contributed by atoms with Crippen molar-refractivity contribution in [3.63, 3.8) is 0 Å². The van der Waals surface area contributed by atoms with Gasteiger partial charge in [0.1, 0.15) is 0 Å². The van der Waals surface area contributed by atoms with Crippen molar-refractivity contribution in [2.45, 2.75) is 26.3 Å². The Balaban J connectivity index is 2.94. The van der Waals surface area contributed by atoms with E-state index in [4.69, 9.17) is 11.6 Å². The van der Waals surface area contributed by atoms with Crippen LogP contribution in [0.5, 0.6) is 0 Å². The average Bonchev–Trinajstić information content (AvgIpc) is 2.27. The highest BCUT2D eigenvalue weighted by Crippen LogP contribution is 2.31. The van der Waals surface area contributed by atoms with E-state index >= 15 is 0 Å². The molecule has 0 aromatic heterocycles. The first-order valence-electron chi connectivity index (χ1n) is 6.01. The predicted octanol–water partition coefficient (Wildman–Crippen LogP) is 3.31. The third kappa shape index (κ3) is 3.81. The van der Waals surface area contributed by atoms with Crippen molar-refractivity contribution in [3.8, 4) is 0 Å². The van der Waals surface area contributed by atoms with Crippen LogP contribution in [0.1, 0.15) is 19.4 Å². The fraction of sp³-hybridized carbons (Fsp3) is 0.538. The molecule has 0 radical (unpaired) electrons.